The van der Waals surface area contributed by atoms with Crippen LogP contribution in [0.1, 0.15) is 15.9 Å². The van der Waals surface area contributed by atoms with Crippen LogP contribution in [0.4, 0.5) is 10.1 Å². The Hall–Kier alpha value is -2.47. The predicted octanol–water partition coefficient (Wildman–Crippen LogP) is 3.78. The van der Waals surface area contributed by atoms with Crippen LogP contribution in [0.2, 0.25) is 5.02 Å². The van der Waals surface area contributed by atoms with Crippen LogP contribution in [0, 0.1) is 15.9 Å². The zero-order valence-corrected chi connectivity index (χ0v) is 11.3. The van der Waals surface area contributed by atoms with Gasteiger partial charge in [-0.2, -0.15) is 0 Å². The zero-order valence-electron chi connectivity index (χ0n) is 10.6. The minimum atomic E-state index is -0.634. The molecule has 2 aromatic carbocycles. The van der Waals surface area contributed by atoms with Gasteiger partial charge in [0.05, 0.1) is 21.1 Å². The topological polar surface area (TPSA) is 69.4 Å². The molecule has 0 amide bonds. The zero-order chi connectivity index (χ0) is 15.4. The number of nitro groups is 1. The molecule has 0 heterocycles. The van der Waals surface area contributed by atoms with E-state index in [0.29, 0.717) is 6.29 Å². The Morgan fingerprint density at radius 3 is 2.76 bits per heavy atom. The molecule has 0 aromatic heterocycles. The van der Waals surface area contributed by atoms with E-state index in [4.69, 9.17) is 16.3 Å². The maximum atomic E-state index is 13.2. The van der Waals surface area contributed by atoms with Crippen molar-refractivity contribution in [2.24, 2.45) is 0 Å². The third-order valence-electron chi connectivity index (χ3n) is 2.73. The Bertz CT molecular complexity index is 705. The van der Waals surface area contributed by atoms with Gasteiger partial charge in [0, 0.05) is 6.07 Å². The number of nitro benzene ring substituents is 1. The summed E-state index contributed by atoms with van der Waals surface area (Å²) in [4.78, 5) is 21.2. The maximum Gasteiger partial charge on any atom is 0.276 e. The smallest absolute Gasteiger partial charge is 0.276 e. The quantitative estimate of drug-likeness (QED) is 0.479. The summed E-state index contributed by atoms with van der Waals surface area (Å²) in [5, 5.41) is 11.1. The van der Waals surface area contributed by atoms with Crippen LogP contribution in [0.25, 0.3) is 0 Å². The molecule has 0 unspecified atom stereocenters. The summed E-state index contributed by atoms with van der Waals surface area (Å²) >= 11 is 5.92. The van der Waals surface area contributed by atoms with Crippen molar-refractivity contribution in [1.29, 1.82) is 0 Å². The molecule has 0 bridgehead atoms. The Morgan fingerprint density at radius 1 is 1.33 bits per heavy atom. The second-order valence-corrected chi connectivity index (χ2v) is 4.50. The molecular formula is C14H9ClFNO4. The highest BCUT2D eigenvalue weighted by atomic mass is 35.5. The fourth-order valence-corrected chi connectivity index (χ4v) is 2.00. The number of hydrogen-bond acceptors (Lipinski definition) is 4. The van der Waals surface area contributed by atoms with Gasteiger partial charge in [-0.25, -0.2) is 4.39 Å². The molecule has 0 aliphatic carbocycles. The largest absolute Gasteiger partial charge is 0.486 e. The van der Waals surface area contributed by atoms with Crippen molar-refractivity contribution < 1.29 is 18.8 Å². The van der Waals surface area contributed by atoms with Crippen molar-refractivity contribution >= 4 is 23.6 Å². The van der Waals surface area contributed by atoms with Gasteiger partial charge in [-0.3, -0.25) is 14.9 Å². The maximum absolute atomic E-state index is 13.2. The molecule has 0 aliphatic heterocycles. The molecule has 5 nitrogen and oxygen atoms in total. The molecule has 108 valence electrons. The van der Waals surface area contributed by atoms with Gasteiger partial charge in [0.15, 0.2) is 6.29 Å². The Balaban J connectivity index is 2.31. The summed E-state index contributed by atoms with van der Waals surface area (Å²) in [5.41, 5.74) is -0.00516. The van der Waals surface area contributed by atoms with Crippen molar-refractivity contribution in [2.45, 2.75) is 6.61 Å². The van der Waals surface area contributed by atoms with Crippen LogP contribution in [0.15, 0.2) is 36.4 Å². The molecule has 0 radical (unpaired) electrons. The van der Waals surface area contributed by atoms with E-state index in [2.05, 4.69) is 0 Å². The fraction of sp³-hybridized carbons (Fsp3) is 0.0714. The van der Waals surface area contributed by atoms with E-state index in [1.165, 1.54) is 12.1 Å². The Kier molecular flexibility index (Phi) is 4.49. The van der Waals surface area contributed by atoms with Crippen LogP contribution in [-0.2, 0) is 6.61 Å². The van der Waals surface area contributed by atoms with Crippen LogP contribution >= 0.6 is 11.6 Å². The third kappa shape index (κ3) is 3.35. The number of aldehydes is 1. The van der Waals surface area contributed by atoms with Gasteiger partial charge in [0.2, 0.25) is 0 Å². The van der Waals surface area contributed by atoms with Crippen LogP contribution in [-0.4, -0.2) is 11.2 Å². The van der Waals surface area contributed by atoms with E-state index < -0.39 is 10.7 Å². The first-order valence-corrected chi connectivity index (χ1v) is 6.20. The SMILES string of the molecule is O=Cc1cccc(Cl)c1OCc1cc(F)ccc1[N+](=O)[O-]. The van der Waals surface area contributed by atoms with E-state index >= 15 is 0 Å². The molecule has 21 heavy (non-hydrogen) atoms. The molecular weight excluding hydrogens is 301 g/mol. The summed E-state index contributed by atoms with van der Waals surface area (Å²) in [6.45, 7) is -0.279. The highest BCUT2D eigenvalue weighted by molar-refractivity contribution is 6.32. The van der Waals surface area contributed by atoms with Gasteiger partial charge in [0.1, 0.15) is 18.2 Å². The number of nitrogens with zero attached hydrogens (tertiary/aromatic N) is 1. The fourth-order valence-electron chi connectivity index (χ4n) is 1.77. The highest BCUT2D eigenvalue weighted by Gasteiger charge is 2.16. The van der Waals surface area contributed by atoms with Gasteiger partial charge in [-0.1, -0.05) is 17.7 Å². The van der Waals surface area contributed by atoms with E-state index in [1.807, 2.05) is 0 Å². The summed E-state index contributed by atoms with van der Waals surface area (Å²) < 4.78 is 18.6. The van der Waals surface area contributed by atoms with Crippen molar-refractivity contribution in [1.82, 2.24) is 0 Å². The average Bonchev–Trinajstić information content (AvgIpc) is 2.45. The second-order valence-electron chi connectivity index (χ2n) is 4.09. The standard InChI is InChI=1S/C14H9ClFNO4/c15-12-3-1-2-9(7-18)14(12)21-8-10-6-11(16)4-5-13(10)17(19)20/h1-7H,8H2. The molecule has 0 atom stereocenters. The van der Waals surface area contributed by atoms with E-state index in [9.17, 15) is 19.3 Å². The Labute approximate surface area is 124 Å². The van der Waals surface area contributed by atoms with Crippen molar-refractivity contribution in [3.8, 4) is 5.75 Å². The van der Waals surface area contributed by atoms with Gasteiger partial charge >= 0.3 is 0 Å². The van der Waals surface area contributed by atoms with E-state index in [1.54, 1.807) is 6.07 Å². The lowest BCUT2D eigenvalue weighted by Gasteiger charge is -2.10. The van der Waals surface area contributed by atoms with Crippen molar-refractivity contribution in [2.75, 3.05) is 0 Å². The molecule has 0 fully saturated rings. The predicted molar refractivity (Wildman–Crippen MR) is 74.2 cm³/mol. The van der Waals surface area contributed by atoms with E-state index in [-0.39, 0.29) is 34.2 Å². The van der Waals surface area contributed by atoms with Crippen molar-refractivity contribution in [3.05, 3.63) is 68.5 Å². The summed E-state index contributed by atoms with van der Waals surface area (Å²) in [7, 11) is 0. The Morgan fingerprint density at radius 2 is 2.10 bits per heavy atom. The van der Waals surface area contributed by atoms with Gasteiger partial charge in [-0.05, 0) is 24.3 Å². The molecule has 2 aromatic rings. The first-order chi connectivity index (χ1) is 10.0. The number of carbonyl (C=O) groups excluding carboxylic acids is 1. The monoisotopic (exact) mass is 309 g/mol. The highest BCUT2D eigenvalue weighted by Crippen LogP contribution is 2.29. The molecule has 0 spiro atoms. The summed E-state index contributed by atoms with van der Waals surface area (Å²) in [6.07, 6.45) is 0.557. The lowest BCUT2D eigenvalue weighted by Crippen LogP contribution is -2.03. The molecule has 0 aliphatic rings. The molecule has 0 saturated carbocycles. The molecule has 0 saturated heterocycles. The molecule has 2 rings (SSSR count). The van der Waals surface area contributed by atoms with Gasteiger partial charge in [-0.15, -0.1) is 0 Å². The van der Waals surface area contributed by atoms with Crippen molar-refractivity contribution in [3.63, 3.8) is 0 Å². The minimum Gasteiger partial charge on any atom is -0.486 e. The minimum absolute atomic E-state index is 0.0526. The summed E-state index contributed by atoms with van der Waals surface area (Å²) in [5.74, 6) is -0.512. The molecule has 7 heteroatoms. The first-order valence-electron chi connectivity index (χ1n) is 5.82. The van der Waals surface area contributed by atoms with Gasteiger partial charge in [0.25, 0.3) is 5.69 Å². The number of hydrogen-bond donors (Lipinski definition) is 0. The molecule has 0 N–H and O–H groups in total. The van der Waals surface area contributed by atoms with Crippen LogP contribution < -0.4 is 4.74 Å². The van der Waals surface area contributed by atoms with Crippen LogP contribution in [0.5, 0.6) is 5.75 Å². The summed E-state index contributed by atoms with van der Waals surface area (Å²) in [6, 6.07) is 7.65. The lowest BCUT2D eigenvalue weighted by molar-refractivity contribution is -0.385. The number of benzene rings is 2. The number of para-hydroxylation sites is 1. The first kappa shape index (κ1) is 14.9. The number of ether oxygens (including phenoxy) is 1. The third-order valence-corrected chi connectivity index (χ3v) is 3.03. The van der Waals surface area contributed by atoms with Crippen LogP contribution in [0.3, 0.4) is 0 Å². The number of rotatable bonds is 5. The average molecular weight is 310 g/mol. The number of halogens is 2. The van der Waals surface area contributed by atoms with E-state index in [0.717, 1.165) is 18.2 Å². The van der Waals surface area contributed by atoms with Gasteiger partial charge < -0.3 is 4.74 Å². The lowest BCUT2D eigenvalue weighted by atomic mass is 10.2. The normalized spacial score (nSPS) is 10.2. The number of carbonyl (C=O) groups is 1. The second kappa shape index (κ2) is 6.32.